The lowest BCUT2D eigenvalue weighted by Crippen LogP contribution is -2.36. The number of nitrogens with one attached hydrogen (secondary N) is 1. The number of ether oxygens (including phenoxy) is 1. The summed E-state index contributed by atoms with van der Waals surface area (Å²) < 4.78 is 5.55. The molecule has 0 bridgehead atoms. The van der Waals surface area contributed by atoms with Crippen molar-refractivity contribution in [1.29, 1.82) is 0 Å². The van der Waals surface area contributed by atoms with Crippen molar-refractivity contribution in [3.8, 4) is 5.75 Å². The number of rotatable bonds is 7. The van der Waals surface area contributed by atoms with Gasteiger partial charge in [0.1, 0.15) is 5.75 Å². The summed E-state index contributed by atoms with van der Waals surface area (Å²) in [7, 11) is 0. The van der Waals surface area contributed by atoms with Gasteiger partial charge in [0, 0.05) is 26.1 Å². The first-order valence-electron chi connectivity index (χ1n) is 10.7. The van der Waals surface area contributed by atoms with Gasteiger partial charge in [-0.25, -0.2) is 0 Å². The van der Waals surface area contributed by atoms with Crippen molar-refractivity contribution in [1.82, 2.24) is 10.2 Å². The third-order valence-electron chi connectivity index (χ3n) is 5.46. The van der Waals surface area contributed by atoms with Crippen molar-refractivity contribution >= 4 is 11.8 Å². The molecule has 0 saturated heterocycles. The fourth-order valence-electron chi connectivity index (χ4n) is 3.59. The van der Waals surface area contributed by atoms with Gasteiger partial charge in [-0.1, -0.05) is 57.2 Å². The molecule has 0 atom stereocenters. The highest BCUT2D eigenvalue weighted by Gasteiger charge is 2.19. The molecule has 0 saturated carbocycles. The van der Waals surface area contributed by atoms with E-state index in [2.05, 4.69) is 38.2 Å². The van der Waals surface area contributed by atoms with Crippen LogP contribution in [-0.4, -0.2) is 36.4 Å². The molecule has 1 heterocycles. The summed E-state index contributed by atoms with van der Waals surface area (Å²) in [6.07, 6.45) is 1.98. The number of fused-ring (bicyclic) bond motifs is 1. The molecule has 1 aliphatic heterocycles. The third-order valence-corrected chi connectivity index (χ3v) is 5.46. The second-order valence-electron chi connectivity index (χ2n) is 8.85. The second kappa shape index (κ2) is 9.79. The number of benzene rings is 2. The summed E-state index contributed by atoms with van der Waals surface area (Å²) in [5.41, 5.74) is 3.88. The van der Waals surface area contributed by atoms with Gasteiger partial charge in [0.25, 0.3) is 5.91 Å². The average molecular weight is 409 g/mol. The van der Waals surface area contributed by atoms with Gasteiger partial charge >= 0.3 is 0 Å². The Bertz CT molecular complexity index is 869. The zero-order valence-electron chi connectivity index (χ0n) is 18.2. The Balaban J connectivity index is 1.33. The van der Waals surface area contributed by atoms with E-state index in [-0.39, 0.29) is 23.8 Å². The Morgan fingerprint density at radius 3 is 2.43 bits per heavy atom. The molecule has 0 spiro atoms. The van der Waals surface area contributed by atoms with E-state index in [9.17, 15) is 9.59 Å². The molecule has 0 radical (unpaired) electrons. The molecule has 2 aromatic rings. The Morgan fingerprint density at radius 1 is 1.03 bits per heavy atom. The van der Waals surface area contributed by atoms with Crippen LogP contribution >= 0.6 is 0 Å². The standard InChI is InChI=1S/C25H32N2O3/c1-25(2,3)21-10-12-22(13-11-21)30-18-23(28)26-15-6-9-24(29)27-16-14-19-7-4-5-8-20(19)17-27/h4-5,7-8,10-13H,6,9,14-18H2,1-3H3,(H,26,28). The monoisotopic (exact) mass is 408 g/mol. The lowest BCUT2D eigenvalue weighted by molar-refractivity contribution is -0.132. The van der Waals surface area contributed by atoms with Gasteiger partial charge in [0.05, 0.1) is 0 Å². The van der Waals surface area contributed by atoms with Crippen LogP contribution in [0.25, 0.3) is 0 Å². The molecular formula is C25H32N2O3. The molecule has 5 heteroatoms. The van der Waals surface area contributed by atoms with Gasteiger partial charge in [-0.05, 0) is 47.1 Å². The molecule has 0 unspecified atom stereocenters. The van der Waals surface area contributed by atoms with Gasteiger partial charge in [-0.15, -0.1) is 0 Å². The minimum absolute atomic E-state index is 0.0221. The summed E-state index contributed by atoms with van der Waals surface area (Å²) >= 11 is 0. The minimum Gasteiger partial charge on any atom is -0.484 e. The van der Waals surface area contributed by atoms with Crippen molar-refractivity contribution in [2.75, 3.05) is 19.7 Å². The molecule has 3 rings (SSSR count). The third kappa shape index (κ3) is 6.09. The van der Waals surface area contributed by atoms with Crippen LogP contribution in [0.3, 0.4) is 0 Å². The van der Waals surface area contributed by atoms with E-state index in [4.69, 9.17) is 4.74 Å². The zero-order valence-corrected chi connectivity index (χ0v) is 18.2. The van der Waals surface area contributed by atoms with E-state index in [0.29, 0.717) is 31.7 Å². The molecule has 30 heavy (non-hydrogen) atoms. The molecule has 0 aromatic heterocycles. The van der Waals surface area contributed by atoms with Gasteiger partial charge in [0.2, 0.25) is 5.91 Å². The molecule has 5 nitrogen and oxygen atoms in total. The summed E-state index contributed by atoms with van der Waals surface area (Å²) in [5.74, 6) is 0.655. The number of hydrogen-bond acceptors (Lipinski definition) is 3. The first-order valence-corrected chi connectivity index (χ1v) is 10.7. The smallest absolute Gasteiger partial charge is 0.257 e. The van der Waals surface area contributed by atoms with Crippen LogP contribution in [0.4, 0.5) is 0 Å². The van der Waals surface area contributed by atoms with E-state index < -0.39 is 0 Å². The van der Waals surface area contributed by atoms with E-state index in [1.807, 2.05) is 41.3 Å². The Labute approximate surface area is 179 Å². The summed E-state index contributed by atoms with van der Waals surface area (Å²) in [5, 5.41) is 2.83. The maximum absolute atomic E-state index is 12.4. The molecule has 1 N–H and O–H groups in total. The number of amides is 2. The van der Waals surface area contributed by atoms with Crippen molar-refractivity contribution in [2.24, 2.45) is 0 Å². The summed E-state index contributed by atoms with van der Waals surface area (Å²) in [6, 6.07) is 16.1. The quantitative estimate of drug-likeness (QED) is 0.708. The fourth-order valence-corrected chi connectivity index (χ4v) is 3.59. The van der Waals surface area contributed by atoms with Crippen LogP contribution in [0.1, 0.15) is 50.3 Å². The Hall–Kier alpha value is -2.82. The van der Waals surface area contributed by atoms with Crippen LogP contribution < -0.4 is 10.1 Å². The average Bonchev–Trinajstić information content (AvgIpc) is 2.74. The minimum atomic E-state index is -0.172. The molecule has 0 fully saturated rings. The summed E-state index contributed by atoms with van der Waals surface area (Å²) in [4.78, 5) is 26.4. The maximum atomic E-state index is 12.4. The zero-order chi connectivity index (χ0) is 21.6. The van der Waals surface area contributed by atoms with Gasteiger partial charge in [-0.2, -0.15) is 0 Å². The summed E-state index contributed by atoms with van der Waals surface area (Å²) in [6.45, 7) is 8.38. The van der Waals surface area contributed by atoms with Gasteiger partial charge < -0.3 is 15.0 Å². The first-order chi connectivity index (χ1) is 14.3. The number of hydrogen-bond donors (Lipinski definition) is 1. The molecule has 2 aromatic carbocycles. The Kier molecular flexibility index (Phi) is 7.14. The van der Waals surface area contributed by atoms with Crippen LogP contribution in [0.2, 0.25) is 0 Å². The van der Waals surface area contributed by atoms with Crippen molar-refractivity contribution in [3.05, 3.63) is 65.2 Å². The van der Waals surface area contributed by atoms with Crippen LogP contribution in [0.5, 0.6) is 5.75 Å². The van der Waals surface area contributed by atoms with E-state index in [1.165, 1.54) is 16.7 Å². The molecule has 160 valence electrons. The van der Waals surface area contributed by atoms with E-state index >= 15 is 0 Å². The molecule has 1 aliphatic rings. The number of nitrogens with zero attached hydrogens (tertiary/aromatic N) is 1. The van der Waals surface area contributed by atoms with E-state index in [1.54, 1.807) is 0 Å². The highest BCUT2D eigenvalue weighted by Crippen LogP contribution is 2.24. The van der Waals surface area contributed by atoms with Crippen molar-refractivity contribution in [3.63, 3.8) is 0 Å². The lowest BCUT2D eigenvalue weighted by Gasteiger charge is -2.29. The predicted molar refractivity (Wildman–Crippen MR) is 118 cm³/mol. The number of carbonyl (C=O) groups is 2. The maximum Gasteiger partial charge on any atom is 0.257 e. The SMILES string of the molecule is CC(C)(C)c1ccc(OCC(=O)NCCCC(=O)N2CCc3ccccc3C2)cc1. The first kappa shape index (κ1) is 21.9. The van der Waals surface area contributed by atoms with Crippen LogP contribution in [0.15, 0.2) is 48.5 Å². The predicted octanol–water partition coefficient (Wildman–Crippen LogP) is 3.84. The molecule has 2 amide bonds. The van der Waals surface area contributed by atoms with Crippen molar-refractivity contribution < 1.29 is 14.3 Å². The number of carbonyl (C=O) groups excluding carboxylic acids is 2. The highest BCUT2D eigenvalue weighted by molar-refractivity contribution is 5.78. The molecular weight excluding hydrogens is 376 g/mol. The van der Waals surface area contributed by atoms with Crippen molar-refractivity contribution in [2.45, 2.75) is 52.0 Å². The molecule has 0 aliphatic carbocycles. The lowest BCUT2D eigenvalue weighted by atomic mass is 9.87. The van der Waals surface area contributed by atoms with Gasteiger partial charge in [-0.3, -0.25) is 9.59 Å². The van der Waals surface area contributed by atoms with Crippen LogP contribution in [0, 0.1) is 0 Å². The Morgan fingerprint density at radius 2 is 1.73 bits per heavy atom. The van der Waals surface area contributed by atoms with Gasteiger partial charge in [0.15, 0.2) is 6.61 Å². The highest BCUT2D eigenvalue weighted by atomic mass is 16.5. The topological polar surface area (TPSA) is 58.6 Å². The fraction of sp³-hybridized carbons (Fsp3) is 0.440. The van der Waals surface area contributed by atoms with Crippen LogP contribution in [-0.2, 0) is 28.0 Å². The normalized spacial score (nSPS) is 13.5. The van der Waals surface area contributed by atoms with E-state index in [0.717, 1.165) is 13.0 Å². The second-order valence-corrected chi connectivity index (χ2v) is 8.85. The largest absolute Gasteiger partial charge is 0.484 e.